The van der Waals surface area contributed by atoms with Gasteiger partial charge in [-0.2, -0.15) is 0 Å². The number of thioether (sulfide) groups is 1. The van der Waals surface area contributed by atoms with Gasteiger partial charge in [0.15, 0.2) is 5.96 Å². The van der Waals surface area contributed by atoms with Crippen molar-refractivity contribution in [3.63, 3.8) is 0 Å². The van der Waals surface area contributed by atoms with Crippen molar-refractivity contribution in [1.82, 2.24) is 10.2 Å². The summed E-state index contributed by atoms with van der Waals surface area (Å²) in [6, 6.07) is 10.8. The van der Waals surface area contributed by atoms with E-state index in [0.717, 1.165) is 38.8 Å². The van der Waals surface area contributed by atoms with E-state index in [9.17, 15) is 0 Å². The third-order valence-corrected chi connectivity index (χ3v) is 7.08. The van der Waals surface area contributed by atoms with Crippen LogP contribution in [0.15, 0.2) is 40.2 Å². The molecule has 1 aromatic carbocycles. The summed E-state index contributed by atoms with van der Waals surface area (Å²) < 4.78 is 6.00. The number of benzene rings is 1. The Bertz CT molecular complexity index is 594. The molecular weight excluding hydrogens is 318 g/mol. The Morgan fingerprint density at radius 1 is 1.25 bits per heavy atom. The van der Waals surface area contributed by atoms with Gasteiger partial charge < -0.3 is 15.0 Å². The molecule has 2 aliphatic heterocycles. The van der Waals surface area contributed by atoms with Crippen LogP contribution in [0, 0.1) is 5.41 Å². The zero-order valence-corrected chi connectivity index (χ0v) is 15.3. The fourth-order valence-electron chi connectivity index (χ4n) is 3.85. The lowest BCUT2D eigenvalue weighted by Gasteiger charge is -2.26. The van der Waals surface area contributed by atoms with Crippen molar-refractivity contribution in [3.8, 4) is 0 Å². The van der Waals surface area contributed by atoms with Crippen molar-refractivity contribution in [2.45, 2.75) is 35.3 Å². The number of ether oxygens (including phenoxy) is 1. The van der Waals surface area contributed by atoms with Gasteiger partial charge in [-0.3, -0.25) is 4.99 Å². The first-order valence-corrected chi connectivity index (χ1v) is 9.82. The highest BCUT2D eigenvalue weighted by Gasteiger charge is 2.45. The molecular formula is C19H27N3OS. The molecule has 2 saturated heterocycles. The quantitative estimate of drug-likeness (QED) is 0.672. The van der Waals surface area contributed by atoms with E-state index in [-0.39, 0.29) is 0 Å². The molecule has 0 bridgehead atoms. The topological polar surface area (TPSA) is 36.9 Å². The normalized spacial score (nSPS) is 28.5. The second-order valence-corrected chi connectivity index (χ2v) is 9.01. The highest BCUT2D eigenvalue weighted by atomic mass is 32.2. The third-order valence-electron chi connectivity index (χ3n) is 5.59. The fourth-order valence-corrected chi connectivity index (χ4v) is 5.10. The average molecular weight is 346 g/mol. The summed E-state index contributed by atoms with van der Waals surface area (Å²) in [5.41, 5.74) is 0.383. The van der Waals surface area contributed by atoms with Crippen LogP contribution in [0.25, 0.3) is 0 Å². The molecule has 24 heavy (non-hydrogen) atoms. The standard InChI is InChI=1S/C19H27N3OS/c1-20-17(22-11-9-18(14-22)10-12-23-15-18)21-13-19(7-8-19)24-16-5-3-2-4-6-16/h2-6H,7-15H2,1H3,(H,20,21). The second kappa shape index (κ2) is 6.60. The van der Waals surface area contributed by atoms with Crippen LogP contribution in [0.1, 0.15) is 25.7 Å². The maximum atomic E-state index is 5.64. The Labute approximate surface area is 149 Å². The second-order valence-electron chi connectivity index (χ2n) is 7.47. The van der Waals surface area contributed by atoms with Crippen molar-refractivity contribution in [2.75, 3.05) is 39.9 Å². The first kappa shape index (κ1) is 16.3. The molecule has 1 spiro atoms. The molecule has 2 heterocycles. The van der Waals surface area contributed by atoms with Gasteiger partial charge in [0.1, 0.15) is 0 Å². The first-order valence-electron chi connectivity index (χ1n) is 9.00. The zero-order chi connectivity index (χ0) is 16.5. The Morgan fingerprint density at radius 3 is 2.75 bits per heavy atom. The lowest BCUT2D eigenvalue weighted by molar-refractivity contribution is 0.156. The van der Waals surface area contributed by atoms with Gasteiger partial charge >= 0.3 is 0 Å². The molecule has 1 atom stereocenters. The Kier molecular flexibility index (Phi) is 4.48. The van der Waals surface area contributed by atoms with Crippen LogP contribution >= 0.6 is 11.8 Å². The van der Waals surface area contributed by atoms with Gasteiger partial charge in [0.25, 0.3) is 0 Å². The largest absolute Gasteiger partial charge is 0.381 e. The van der Waals surface area contributed by atoms with Crippen LogP contribution in [0.3, 0.4) is 0 Å². The number of nitrogens with zero attached hydrogens (tertiary/aromatic N) is 2. The van der Waals surface area contributed by atoms with E-state index in [1.165, 1.54) is 30.6 Å². The number of rotatable bonds is 4. The maximum Gasteiger partial charge on any atom is 0.193 e. The first-order chi connectivity index (χ1) is 11.7. The SMILES string of the molecule is CN=C(NCC1(Sc2ccccc2)CC1)N1CCC2(CCOC2)C1. The Balaban J connectivity index is 1.33. The molecule has 0 amide bonds. The van der Waals surface area contributed by atoms with Crippen molar-refractivity contribution < 1.29 is 4.74 Å². The summed E-state index contributed by atoms with van der Waals surface area (Å²) in [7, 11) is 1.91. The van der Waals surface area contributed by atoms with E-state index >= 15 is 0 Å². The highest BCUT2D eigenvalue weighted by Crippen LogP contribution is 2.51. The molecule has 3 fully saturated rings. The van der Waals surface area contributed by atoms with Gasteiger partial charge in [-0.15, -0.1) is 11.8 Å². The lowest BCUT2D eigenvalue weighted by atomic mass is 9.87. The van der Waals surface area contributed by atoms with Crippen molar-refractivity contribution in [1.29, 1.82) is 0 Å². The predicted octanol–water partition coefficient (Wildman–Crippen LogP) is 3.00. The van der Waals surface area contributed by atoms with Crippen LogP contribution in [0.2, 0.25) is 0 Å². The van der Waals surface area contributed by atoms with Crippen molar-refractivity contribution >= 4 is 17.7 Å². The zero-order valence-electron chi connectivity index (χ0n) is 14.5. The van der Waals surface area contributed by atoms with Crippen LogP contribution in [0.4, 0.5) is 0 Å². The van der Waals surface area contributed by atoms with E-state index in [4.69, 9.17) is 4.74 Å². The number of likely N-dealkylation sites (tertiary alicyclic amines) is 1. The van der Waals surface area contributed by atoms with E-state index in [1.54, 1.807) is 0 Å². The summed E-state index contributed by atoms with van der Waals surface area (Å²) in [6.07, 6.45) is 5.01. The summed E-state index contributed by atoms with van der Waals surface area (Å²) in [5.74, 6) is 1.07. The average Bonchev–Trinajstić information content (AvgIpc) is 3.04. The minimum absolute atomic E-state index is 0.352. The highest BCUT2D eigenvalue weighted by molar-refractivity contribution is 8.01. The van der Waals surface area contributed by atoms with Crippen LogP contribution in [-0.2, 0) is 4.74 Å². The summed E-state index contributed by atoms with van der Waals surface area (Å²) in [5, 5.41) is 3.66. The molecule has 130 valence electrons. The molecule has 0 aromatic heterocycles. The van der Waals surface area contributed by atoms with Crippen LogP contribution in [0.5, 0.6) is 0 Å². The molecule has 1 saturated carbocycles. The van der Waals surface area contributed by atoms with Crippen molar-refractivity contribution in [3.05, 3.63) is 30.3 Å². The van der Waals surface area contributed by atoms with E-state index in [0.29, 0.717) is 10.2 Å². The summed E-state index contributed by atoms with van der Waals surface area (Å²) in [6.45, 7) is 5.04. The fraction of sp³-hybridized carbons (Fsp3) is 0.632. The lowest BCUT2D eigenvalue weighted by Crippen LogP contribution is -2.44. The third kappa shape index (κ3) is 3.42. The van der Waals surface area contributed by atoms with Gasteiger partial charge in [0.2, 0.25) is 0 Å². The monoisotopic (exact) mass is 345 g/mol. The van der Waals surface area contributed by atoms with Gasteiger partial charge in [0, 0.05) is 48.3 Å². The molecule has 4 nitrogen and oxygen atoms in total. The Morgan fingerprint density at radius 2 is 2.08 bits per heavy atom. The van der Waals surface area contributed by atoms with Crippen LogP contribution in [-0.4, -0.2) is 55.5 Å². The summed E-state index contributed by atoms with van der Waals surface area (Å²) >= 11 is 2.01. The molecule has 0 radical (unpaired) electrons. The molecule has 1 unspecified atom stereocenters. The number of hydrogen-bond donors (Lipinski definition) is 1. The predicted molar refractivity (Wildman–Crippen MR) is 99.7 cm³/mol. The molecule has 3 aliphatic rings. The van der Waals surface area contributed by atoms with E-state index in [1.807, 2.05) is 18.8 Å². The number of nitrogens with one attached hydrogen (secondary N) is 1. The number of guanidine groups is 1. The van der Waals surface area contributed by atoms with E-state index < -0.39 is 0 Å². The Hall–Kier alpha value is -1.20. The van der Waals surface area contributed by atoms with Gasteiger partial charge in [-0.25, -0.2) is 0 Å². The number of aliphatic imine (C=N–C) groups is 1. The van der Waals surface area contributed by atoms with E-state index in [2.05, 4.69) is 45.5 Å². The molecule has 5 heteroatoms. The maximum absolute atomic E-state index is 5.64. The molecule has 1 aromatic rings. The smallest absolute Gasteiger partial charge is 0.193 e. The van der Waals surface area contributed by atoms with Gasteiger partial charge in [0.05, 0.1) is 6.61 Å². The van der Waals surface area contributed by atoms with Crippen molar-refractivity contribution in [2.24, 2.45) is 10.4 Å². The van der Waals surface area contributed by atoms with Crippen LogP contribution < -0.4 is 5.32 Å². The minimum atomic E-state index is 0.352. The molecule has 4 rings (SSSR count). The molecule has 1 aliphatic carbocycles. The number of hydrogen-bond acceptors (Lipinski definition) is 3. The van der Waals surface area contributed by atoms with Gasteiger partial charge in [-0.05, 0) is 37.8 Å². The summed E-state index contributed by atoms with van der Waals surface area (Å²) in [4.78, 5) is 8.34. The van der Waals surface area contributed by atoms with Gasteiger partial charge in [-0.1, -0.05) is 18.2 Å². The minimum Gasteiger partial charge on any atom is -0.381 e. The molecule has 1 N–H and O–H groups in total.